The monoisotopic (exact) mass is 344 g/mol. The van der Waals surface area contributed by atoms with E-state index in [1.807, 2.05) is 36.7 Å². The molecule has 1 aliphatic heterocycles. The van der Waals surface area contributed by atoms with Crippen molar-refractivity contribution >= 4 is 16.9 Å². The number of carbonyl (C=O) groups is 1. The number of benzene rings is 1. The number of carbonyl (C=O) groups excluding carboxylic acids is 1. The van der Waals surface area contributed by atoms with Gasteiger partial charge in [0, 0.05) is 32.8 Å². The van der Waals surface area contributed by atoms with E-state index in [-0.39, 0.29) is 5.91 Å². The number of piperidine rings is 1. The normalized spacial score (nSPS) is 16.4. The number of ether oxygens (including phenoxy) is 1. The summed E-state index contributed by atoms with van der Waals surface area (Å²) in [6.07, 6.45) is 2.25. The van der Waals surface area contributed by atoms with E-state index >= 15 is 0 Å². The molecule has 1 aromatic heterocycles. The molecule has 1 amide bonds. The molecule has 1 fully saturated rings. The fourth-order valence-corrected chi connectivity index (χ4v) is 3.44. The van der Waals surface area contributed by atoms with Gasteiger partial charge in [-0.3, -0.25) is 4.79 Å². The minimum Gasteiger partial charge on any atom is -0.383 e. The molecule has 1 aromatic carbocycles. The van der Waals surface area contributed by atoms with Gasteiger partial charge in [0.15, 0.2) is 0 Å². The summed E-state index contributed by atoms with van der Waals surface area (Å²) < 4.78 is 7.17. The van der Waals surface area contributed by atoms with E-state index < -0.39 is 0 Å². The van der Waals surface area contributed by atoms with Crippen LogP contribution in [-0.2, 0) is 11.8 Å². The smallest absolute Gasteiger partial charge is 0.251 e. The van der Waals surface area contributed by atoms with Gasteiger partial charge in [0.05, 0.1) is 17.6 Å². The van der Waals surface area contributed by atoms with Gasteiger partial charge in [-0.05, 0) is 57.0 Å². The molecule has 0 spiro atoms. The van der Waals surface area contributed by atoms with E-state index in [0.29, 0.717) is 11.5 Å². The highest BCUT2D eigenvalue weighted by molar-refractivity contribution is 5.97. The molecule has 6 nitrogen and oxygen atoms in total. The Hall–Kier alpha value is -1.92. The quantitative estimate of drug-likeness (QED) is 0.870. The van der Waals surface area contributed by atoms with Crippen LogP contribution < -0.4 is 5.32 Å². The van der Waals surface area contributed by atoms with Gasteiger partial charge in [0.25, 0.3) is 5.91 Å². The third-order valence-electron chi connectivity index (χ3n) is 5.24. The van der Waals surface area contributed by atoms with Gasteiger partial charge in [0.1, 0.15) is 5.82 Å². The molecular weight excluding hydrogens is 316 g/mol. The number of aromatic nitrogens is 2. The van der Waals surface area contributed by atoms with Crippen LogP contribution in [0.5, 0.6) is 0 Å². The fraction of sp³-hybridized carbons (Fsp3) is 0.579. The van der Waals surface area contributed by atoms with Gasteiger partial charge < -0.3 is 19.5 Å². The standard InChI is InChI=1S/C19H28N4O2/c1-14-21-17-12-16(4-5-18(17)22(14)2)19(24)20-13-15-6-8-23(9-7-15)10-11-25-3/h4-5,12,15H,6-11,13H2,1-3H3,(H,20,24). The van der Waals surface area contributed by atoms with Crippen molar-refractivity contribution < 1.29 is 9.53 Å². The lowest BCUT2D eigenvalue weighted by Crippen LogP contribution is -2.39. The first-order valence-corrected chi connectivity index (χ1v) is 9.01. The maximum absolute atomic E-state index is 12.5. The van der Waals surface area contributed by atoms with Gasteiger partial charge in [-0.25, -0.2) is 4.98 Å². The molecule has 1 N–H and O–H groups in total. The molecular formula is C19H28N4O2. The first-order valence-electron chi connectivity index (χ1n) is 9.01. The molecule has 2 aromatic rings. The van der Waals surface area contributed by atoms with Crippen LogP contribution in [0.1, 0.15) is 29.0 Å². The first-order chi connectivity index (χ1) is 12.1. The number of nitrogens with zero attached hydrogens (tertiary/aromatic N) is 3. The summed E-state index contributed by atoms with van der Waals surface area (Å²) in [5.41, 5.74) is 2.61. The van der Waals surface area contributed by atoms with E-state index in [9.17, 15) is 4.79 Å². The molecule has 6 heteroatoms. The molecule has 0 unspecified atom stereocenters. The van der Waals surface area contributed by atoms with Crippen LogP contribution in [0.4, 0.5) is 0 Å². The van der Waals surface area contributed by atoms with Crippen molar-refractivity contribution in [2.75, 3.05) is 39.9 Å². The van der Waals surface area contributed by atoms with E-state index in [2.05, 4.69) is 15.2 Å². The van der Waals surface area contributed by atoms with E-state index in [1.165, 1.54) is 0 Å². The van der Waals surface area contributed by atoms with Gasteiger partial charge in [-0.1, -0.05) is 0 Å². The number of likely N-dealkylation sites (tertiary alicyclic amines) is 1. The SMILES string of the molecule is COCCN1CCC(CNC(=O)c2ccc3c(c2)nc(C)n3C)CC1. The Morgan fingerprint density at radius 1 is 1.36 bits per heavy atom. The summed E-state index contributed by atoms with van der Waals surface area (Å²) in [6.45, 7) is 6.68. The lowest BCUT2D eigenvalue weighted by molar-refractivity contribution is 0.0926. The van der Waals surface area contributed by atoms with Crippen molar-refractivity contribution in [2.24, 2.45) is 13.0 Å². The zero-order valence-electron chi connectivity index (χ0n) is 15.4. The second kappa shape index (κ2) is 7.97. The summed E-state index contributed by atoms with van der Waals surface area (Å²) in [5.74, 6) is 1.50. The number of fused-ring (bicyclic) bond motifs is 1. The van der Waals surface area contributed by atoms with Crippen LogP contribution in [0.15, 0.2) is 18.2 Å². The second-order valence-corrected chi connectivity index (χ2v) is 6.91. The summed E-state index contributed by atoms with van der Waals surface area (Å²) >= 11 is 0. The minimum atomic E-state index is -0.00739. The Kier molecular flexibility index (Phi) is 5.71. The zero-order chi connectivity index (χ0) is 17.8. The van der Waals surface area contributed by atoms with Crippen molar-refractivity contribution in [1.82, 2.24) is 19.8 Å². The highest BCUT2D eigenvalue weighted by Crippen LogP contribution is 2.18. The van der Waals surface area contributed by atoms with Crippen LogP contribution >= 0.6 is 0 Å². The summed E-state index contributed by atoms with van der Waals surface area (Å²) in [6, 6.07) is 5.73. The molecule has 0 radical (unpaired) electrons. The Morgan fingerprint density at radius 2 is 2.12 bits per heavy atom. The number of amides is 1. The van der Waals surface area contributed by atoms with Gasteiger partial charge in [-0.15, -0.1) is 0 Å². The molecule has 3 rings (SSSR count). The predicted molar refractivity (Wildman–Crippen MR) is 98.8 cm³/mol. The second-order valence-electron chi connectivity index (χ2n) is 6.91. The van der Waals surface area contributed by atoms with E-state index in [0.717, 1.165) is 62.5 Å². The number of nitrogens with one attached hydrogen (secondary N) is 1. The number of aryl methyl sites for hydroxylation is 2. The van der Waals surface area contributed by atoms with Gasteiger partial charge >= 0.3 is 0 Å². The first kappa shape index (κ1) is 17.9. The van der Waals surface area contributed by atoms with Gasteiger partial charge in [0.2, 0.25) is 0 Å². The molecule has 136 valence electrons. The van der Waals surface area contributed by atoms with Crippen LogP contribution in [0.3, 0.4) is 0 Å². The van der Waals surface area contributed by atoms with Crippen LogP contribution in [0.25, 0.3) is 11.0 Å². The number of imidazole rings is 1. The molecule has 0 atom stereocenters. The number of methoxy groups -OCH3 is 1. The van der Waals surface area contributed by atoms with E-state index in [1.54, 1.807) is 7.11 Å². The molecule has 1 aliphatic rings. The third kappa shape index (κ3) is 4.19. The lowest BCUT2D eigenvalue weighted by atomic mass is 9.96. The Balaban J connectivity index is 1.51. The topological polar surface area (TPSA) is 59.4 Å². The maximum atomic E-state index is 12.5. The van der Waals surface area contributed by atoms with Crippen molar-refractivity contribution in [3.05, 3.63) is 29.6 Å². The maximum Gasteiger partial charge on any atom is 0.251 e. The van der Waals surface area contributed by atoms with Crippen LogP contribution in [0, 0.1) is 12.8 Å². The number of hydrogen-bond acceptors (Lipinski definition) is 4. The van der Waals surface area contributed by atoms with Crippen molar-refractivity contribution in [1.29, 1.82) is 0 Å². The van der Waals surface area contributed by atoms with Crippen molar-refractivity contribution in [3.8, 4) is 0 Å². The summed E-state index contributed by atoms with van der Waals surface area (Å²) in [4.78, 5) is 19.4. The summed E-state index contributed by atoms with van der Waals surface area (Å²) in [7, 11) is 3.73. The molecule has 0 bridgehead atoms. The number of rotatable bonds is 6. The highest BCUT2D eigenvalue weighted by Gasteiger charge is 2.19. The average Bonchev–Trinajstić information content (AvgIpc) is 2.92. The van der Waals surface area contributed by atoms with Crippen LogP contribution in [0.2, 0.25) is 0 Å². The molecule has 0 saturated carbocycles. The lowest BCUT2D eigenvalue weighted by Gasteiger charge is -2.31. The van der Waals surface area contributed by atoms with Crippen LogP contribution in [-0.4, -0.2) is 60.3 Å². The van der Waals surface area contributed by atoms with E-state index in [4.69, 9.17) is 4.74 Å². The highest BCUT2D eigenvalue weighted by atomic mass is 16.5. The third-order valence-corrected chi connectivity index (χ3v) is 5.24. The molecule has 0 aliphatic carbocycles. The van der Waals surface area contributed by atoms with Crippen molar-refractivity contribution in [3.63, 3.8) is 0 Å². The Labute approximate surface area is 149 Å². The average molecular weight is 344 g/mol. The molecule has 25 heavy (non-hydrogen) atoms. The predicted octanol–water partition coefficient (Wildman–Crippen LogP) is 1.97. The molecule has 1 saturated heterocycles. The zero-order valence-corrected chi connectivity index (χ0v) is 15.4. The molecule has 2 heterocycles. The number of hydrogen-bond donors (Lipinski definition) is 1. The Morgan fingerprint density at radius 3 is 2.84 bits per heavy atom. The summed E-state index contributed by atoms with van der Waals surface area (Å²) in [5, 5.41) is 3.10. The van der Waals surface area contributed by atoms with Gasteiger partial charge in [-0.2, -0.15) is 0 Å². The largest absolute Gasteiger partial charge is 0.383 e. The van der Waals surface area contributed by atoms with Crippen molar-refractivity contribution in [2.45, 2.75) is 19.8 Å². The fourth-order valence-electron chi connectivity index (χ4n) is 3.44. The minimum absolute atomic E-state index is 0.00739. The Bertz CT molecular complexity index is 732.